The van der Waals surface area contributed by atoms with Crippen molar-refractivity contribution in [3.63, 3.8) is 0 Å². The van der Waals surface area contributed by atoms with Gasteiger partial charge in [-0.1, -0.05) is 35.6 Å². The summed E-state index contributed by atoms with van der Waals surface area (Å²) in [5.74, 6) is 0. The lowest BCUT2D eigenvalue weighted by molar-refractivity contribution is 0.345. The van der Waals surface area contributed by atoms with Crippen molar-refractivity contribution < 1.29 is 0 Å². The second kappa shape index (κ2) is 6.66. The molecule has 0 rings (SSSR count). The fourth-order valence-corrected chi connectivity index (χ4v) is 0.884. The van der Waals surface area contributed by atoms with Crippen molar-refractivity contribution >= 4 is 0 Å². The van der Waals surface area contributed by atoms with Gasteiger partial charge in [-0.15, -0.1) is 0 Å². The van der Waals surface area contributed by atoms with Crippen molar-refractivity contribution in [3.05, 3.63) is 0 Å². The molecule has 0 aromatic heterocycles. The van der Waals surface area contributed by atoms with E-state index < -0.39 is 0 Å². The van der Waals surface area contributed by atoms with Gasteiger partial charge in [0.1, 0.15) is 0 Å². The summed E-state index contributed by atoms with van der Waals surface area (Å²) < 4.78 is 0. The molecule has 0 aromatic carbocycles. The summed E-state index contributed by atoms with van der Waals surface area (Å²) in [5, 5.41) is 3.47. The molecule has 1 nitrogen and oxygen atoms in total. The molecule has 1 N–H and O–H groups in total. The summed E-state index contributed by atoms with van der Waals surface area (Å²) in [7, 11) is 0. The van der Waals surface area contributed by atoms with Crippen molar-refractivity contribution in [1.29, 1.82) is 0 Å². The molecule has 11 heavy (non-hydrogen) atoms. The van der Waals surface area contributed by atoms with Gasteiger partial charge in [0, 0.05) is 11.6 Å². The number of rotatable bonds is 3. The topological polar surface area (TPSA) is 12.0 Å². The molecular formula is C10H27N. The Morgan fingerprint density at radius 1 is 1.18 bits per heavy atom. The largest absolute Gasteiger partial charge is 0.310 e. The third-order valence-corrected chi connectivity index (χ3v) is 1.56. The Bertz CT molecular complexity index is 74.9. The van der Waals surface area contributed by atoms with E-state index >= 15 is 0 Å². The molecule has 0 heterocycles. The van der Waals surface area contributed by atoms with Crippen molar-refractivity contribution in [3.8, 4) is 0 Å². The molecule has 0 aromatic rings. The van der Waals surface area contributed by atoms with Crippen LogP contribution < -0.4 is 5.32 Å². The van der Waals surface area contributed by atoms with Crippen molar-refractivity contribution in [2.24, 2.45) is 0 Å². The van der Waals surface area contributed by atoms with E-state index in [2.05, 4.69) is 39.9 Å². The van der Waals surface area contributed by atoms with E-state index in [1.54, 1.807) is 0 Å². The van der Waals surface area contributed by atoms with E-state index in [4.69, 9.17) is 0 Å². The van der Waals surface area contributed by atoms with Crippen LogP contribution in [-0.4, -0.2) is 11.6 Å². The van der Waals surface area contributed by atoms with Crippen LogP contribution in [0.15, 0.2) is 0 Å². The summed E-state index contributed by atoms with van der Waals surface area (Å²) in [6, 6.07) is 0.597. The number of hydrogen-bond acceptors (Lipinski definition) is 1. The summed E-state index contributed by atoms with van der Waals surface area (Å²) in [5.41, 5.74) is 0.314. The molecule has 0 aliphatic carbocycles. The highest BCUT2D eigenvalue weighted by Crippen LogP contribution is 2.07. The molecule has 0 bridgehead atoms. The van der Waals surface area contributed by atoms with E-state index in [-0.39, 0.29) is 14.9 Å². The van der Waals surface area contributed by atoms with E-state index in [9.17, 15) is 0 Å². The monoisotopic (exact) mass is 161 g/mol. The molecule has 0 radical (unpaired) electrons. The molecule has 0 aliphatic rings. The lowest BCUT2D eigenvalue weighted by atomic mass is 10.0. The Hall–Kier alpha value is -0.0400. The van der Waals surface area contributed by atoms with Crippen molar-refractivity contribution in [2.45, 2.75) is 67.5 Å². The van der Waals surface area contributed by atoms with Gasteiger partial charge in [-0.25, -0.2) is 0 Å². The van der Waals surface area contributed by atoms with Gasteiger partial charge in [0.15, 0.2) is 0 Å². The van der Waals surface area contributed by atoms with Gasteiger partial charge in [0.05, 0.1) is 0 Å². The van der Waals surface area contributed by atoms with Gasteiger partial charge < -0.3 is 5.32 Å². The van der Waals surface area contributed by atoms with Crippen LogP contribution in [0.2, 0.25) is 0 Å². The molecule has 0 saturated heterocycles. The SMILES string of the molecule is C.C.CCC(C)(C)NC(C)C. The zero-order chi connectivity index (χ0) is 7.49. The third kappa shape index (κ3) is 9.96. The minimum absolute atomic E-state index is 0. The lowest BCUT2D eigenvalue weighted by Gasteiger charge is -2.27. The maximum absolute atomic E-state index is 3.47. The summed E-state index contributed by atoms with van der Waals surface area (Å²) >= 11 is 0. The zero-order valence-corrected chi connectivity index (χ0v) is 7.28. The highest BCUT2D eigenvalue weighted by Gasteiger charge is 2.14. The average Bonchev–Trinajstić information content (AvgIpc) is 1.63. The molecule has 72 valence electrons. The Kier molecular flexibility index (Phi) is 10.4. The van der Waals surface area contributed by atoms with Gasteiger partial charge in [0.2, 0.25) is 0 Å². The Morgan fingerprint density at radius 2 is 1.55 bits per heavy atom. The first kappa shape index (κ1) is 17.2. The molecule has 0 amide bonds. The van der Waals surface area contributed by atoms with Crippen LogP contribution in [0.5, 0.6) is 0 Å². The normalized spacial score (nSPS) is 10.4. The van der Waals surface area contributed by atoms with Gasteiger partial charge in [-0.3, -0.25) is 0 Å². The predicted molar refractivity (Wildman–Crippen MR) is 56.1 cm³/mol. The van der Waals surface area contributed by atoms with Crippen LogP contribution in [0, 0.1) is 0 Å². The first-order valence-corrected chi connectivity index (χ1v) is 3.75. The molecular weight excluding hydrogens is 134 g/mol. The minimum Gasteiger partial charge on any atom is -0.310 e. The fourth-order valence-electron chi connectivity index (χ4n) is 0.884. The van der Waals surface area contributed by atoms with Gasteiger partial charge >= 0.3 is 0 Å². The van der Waals surface area contributed by atoms with Gasteiger partial charge in [-0.2, -0.15) is 0 Å². The maximum atomic E-state index is 3.47. The van der Waals surface area contributed by atoms with E-state index in [1.165, 1.54) is 6.42 Å². The standard InChI is InChI=1S/C8H19N.2CH4/c1-6-8(4,5)9-7(2)3;;/h7,9H,6H2,1-5H3;2*1H4. The van der Waals surface area contributed by atoms with Gasteiger partial charge in [-0.05, 0) is 20.3 Å². The molecule has 0 saturated carbocycles. The van der Waals surface area contributed by atoms with Crippen molar-refractivity contribution in [2.75, 3.05) is 0 Å². The van der Waals surface area contributed by atoms with Crippen molar-refractivity contribution in [1.82, 2.24) is 5.32 Å². The quantitative estimate of drug-likeness (QED) is 0.668. The van der Waals surface area contributed by atoms with Crippen LogP contribution in [0.1, 0.15) is 55.9 Å². The van der Waals surface area contributed by atoms with Crippen LogP contribution in [0.3, 0.4) is 0 Å². The number of nitrogens with one attached hydrogen (secondary N) is 1. The molecule has 0 atom stereocenters. The molecule has 0 fully saturated rings. The highest BCUT2D eigenvalue weighted by molar-refractivity contribution is 4.76. The summed E-state index contributed by atoms with van der Waals surface area (Å²) in [4.78, 5) is 0. The first-order valence-electron chi connectivity index (χ1n) is 3.75. The van der Waals surface area contributed by atoms with Crippen LogP contribution in [0.4, 0.5) is 0 Å². The van der Waals surface area contributed by atoms with E-state index in [1.807, 2.05) is 0 Å². The second-order valence-electron chi connectivity index (χ2n) is 3.54. The van der Waals surface area contributed by atoms with E-state index in [0.717, 1.165) is 0 Å². The maximum Gasteiger partial charge on any atom is 0.0124 e. The number of hydrogen-bond donors (Lipinski definition) is 1. The highest BCUT2D eigenvalue weighted by atomic mass is 15.0. The fraction of sp³-hybridized carbons (Fsp3) is 1.00. The Morgan fingerprint density at radius 3 is 1.64 bits per heavy atom. The summed E-state index contributed by atoms with van der Waals surface area (Å²) in [6.07, 6.45) is 1.19. The average molecular weight is 161 g/mol. The van der Waals surface area contributed by atoms with Gasteiger partial charge in [0.25, 0.3) is 0 Å². The third-order valence-electron chi connectivity index (χ3n) is 1.56. The Labute approximate surface area is 73.6 Å². The molecule has 0 spiro atoms. The van der Waals surface area contributed by atoms with Crippen LogP contribution >= 0.6 is 0 Å². The predicted octanol–water partition coefficient (Wildman–Crippen LogP) is 3.45. The zero-order valence-electron chi connectivity index (χ0n) is 7.28. The Balaban J connectivity index is -0.000000320. The van der Waals surface area contributed by atoms with E-state index in [0.29, 0.717) is 11.6 Å². The van der Waals surface area contributed by atoms with Crippen LogP contribution in [0.25, 0.3) is 0 Å². The molecule has 0 unspecified atom stereocenters. The molecule has 1 heteroatoms. The minimum atomic E-state index is 0. The smallest absolute Gasteiger partial charge is 0.0124 e. The molecule has 0 aliphatic heterocycles. The second-order valence-corrected chi connectivity index (χ2v) is 3.54. The summed E-state index contributed by atoms with van der Waals surface area (Å²) in [6.45, 7) is 11.0. The lowest BCUT2D eigenvalue weighted by Crippen LogP contribution is -2.42. The van der Waals surface area contributed by atoms with Crippen LogP contribution in [-0.2, 0) is 0 Å². The first-order chi connectivity index (χ1) is 3.98.